The number of allylic oxidation sites excluding steroid dienone is 1. The van der Waals surface area contributed by atoms with Gasteiger partial charge in [-0.1, -0.05) is 11.6 Å². The summed E-state index contributed by atoms with van der Waals surface area (Å²) in [5, 5.41) is 3.26. The predicted molar refractivity (Wildman–Crippen MR) is 50.6 cm³/mol. The summed E-state index contributed by atoms with van der Waals surface area (Å²) in [7, 11) is 0. The molecule has 0 aliphatic rings. The van der Waals surface area contributed by atoms with Gasteiger partial charge in [0.05, 0.1) is 0 Å². The maximum absolute atomic E-state index is 5.77. The van der Waals surface area contributed by atoms with E-state index in [9.17, 15) is 0 Å². The molecule has 0 heterocycles. The van der Waals surface area contributed by atoms with Crippen LogP contribution < -0.4 is 11.1 Å². The van der Waals surface area contributed by atoms with Crippen LogP contribution in [0.3, 0.4) is 0 Å². The van der Waals surface area contributed by atoms with E-state index >= 15 is 0 Å². The molecule has 0 atom stereocenters. The fraction of sp³-hybridized carbons (Fsp3) is 0.778. The van der Waals surface area contributed by atoms with E-state index in [1.807, 2.05) is 13.8 Å². The largest absolute Gasteiger partial charge is 0.324 e. The maximum atomic E-state index is 5.77. The molecular weight excluding hydrogens is 136 g/mol. The minimum atomic E-state index is -0.102. The molecule has 0 aliphatic carbocycles. The van der Waals surface area contributed by atoms with E-state index in [0.717, 1.165) is 13.1 Å². The van der Waals surface area contributed by atoms with Crippen molar-refractivity contribution in [1.29, 1.82) is 0 Å². The molecular formula is C9H20N2. The summed E-state index contributed by atoms with van der Waals surface area (Å²) in [6.07, 6.45) is 2.16. The van der Waals surface area contributed by atoms with Crippen LogP contribution in [0, 0.1) is 0 Å². The third kappa shape index (κ3) is 9.66. The van der Waals surface area contributed by atoms with Crippen molar-refractivity contribution in [2.24, 2.45) is 5.73 Å². The molecule has 0 aromatic heterocycles. The van der Waals surface area contributed by atoms with Gasteiger partial charge in [-0.15, -0.1) is 0 Å². The van der Waals surface area contributed by atoms with Crippen LogP contribution in [0.1, 0.15) is 27.7 Å². The summed E-state index contributed by atoms with van der Waals surface area (Å²) >= 11 is 0. The smallest absolute Gasteiger partial charge is 0.0223 e. The topological polar surface area (TPSA) is 38.0 Å². The van der Waals surface area contributed by atoms with E-state index in [0.29, 0.717) is 0 Å². The van der Waals surface area contributed by atoms with Gasteiger partial charge in [-0.05, 0) is 27.7 Å². The van der Waals surface area contributed by atoms with E-state index in [-0.39, 0.29) is 5.54 Å². The Balaban J connectivity index is 3.36. The molecule has 0 saturated carbocycles. The molecule has 0 aromatic rings. The molecule has 0 saturated heterocycles. The molecule has 11 heavy (non-hydrogen) atoms. The van der Waals surface area contributed by atoms with Crippen molar-refractivity contribution < 1.29 is 0 Å². The number of nitrogens with two attached hydrogens (primary N) is 1. The lowest BCUT2D eigenvalue weighted by Crippen LogP contribution is -2.43. The second-order valence-corrected chi connectivity index (χ2v) is 3.90. The number of rotatable bonds is 4. The standard InChI is InChI=1S/C9H20N2/c1-8(2)5-6-11-7-9(3,4)10/h5,11H,6-7,10H2,1-4H3. The van der Waals surface area contributed by atoms with Crippen molar-refractivity contribution in [3.63, 3.8) is 0 Å². The third-order valence-electron chi connectivity index (χ3n) is 1.24. The van der Waals surface area contributed by atoms with E-state index in [2.05, 4.69) is 25.2 Å². The minimum absolute atomic E-state index is 0.102. The Labute approximate surface area is 69.9 Å². The lowest BCUT2D eigenvalue weighted by atomic mass is 10.1. The van der Waals surface area contributed by atoms with Crippen molar-refractivity contribution in [3.8, 4) is 0 Å². The van der Waals surface area contributed by atoms with Gasteiger partial charge in [0.15, 0.2) is 0 Å². The first-order valence-corrected chi connectivity index (χ1v) is 4.05. The zero-order chi connectivity index (χ0) is 8.91. The predicted octanol–water partition coefficient (Wildman–Crippen LogP) is 1.28. The highest BCUT2D eigenvalue weighted by atomic mass is 14.9. The third-order valence-corrected chi connectivity index (χ3v) is 1.24. The molecule has 3 N–H and O–H groups in total. The molecule has 0 aromatic carbocycles. The van der Waals surface area contributed by atoms with E-state index in [4.69, 9.17) is 5.73 Å². The molecule has 0 unspecified atom stereocenters. The van der Waals surface area contributed by atoms with Crippen molar-refractivity contribution in [2.45, 2.75) is 33.2 Å². The second-order valence-electron chi connectivity index (χ2n) is 3.90. The van der Waals surface area contributed by atoms with E-state index in [1.165, 1.54) is 5.57 Å². The Morgan fingerprint density at radius 1 is 1.45 bits per heavy atom. The van der Waals surface area contributed by atoms with Crippen LogP contribution >= 0.6 is 0 Å². The van der Waals surface area contributed by atoms with Crippen LogP contribution in [0.15, 0.2) is 11.6 Å². The maximum Gasteiger partial charge on any atom is 0.0223 e. The van der Waals surface area contributed by atoms with Gasteiger partial charge >= 0.3 is 0 Å². The first kappa shape index (κ1) is 10.7. The summed E-state index contributed by atoms with van der Waals surface area (Å²) < 4.78 is 0. The average Bonchev–Trinajstić information content (AvgIpc) is 1.78. The monoisotopic (exact) mass is 156 g/mol. The first-order valence-electron chi connectivity index (χ1n) is 4.05. The van der Waals surface area contributed by atoms with Gasteiger partial charge < -0.3 is 11.1 Å². The Bertz CT molecular complexity index is 127. The molecule has 0 amide bonds. The summed E-state index contributed by atoms with van der Waals surface area (Å²) in [4.78, 5) is 0. The number of hydrogen-bond acceptors (Lipinski definition) is 2. The highest BCUT2D eigenvalue weighted by Gasteiger charge is 2.07. The van der Waals surface area contributed by atoms with Gasteiger partial charge in [-0.25, -0.2) is 0 Å². The zero-order valence-electron chi connectivity index (χ0n) is 8.07. The molecule has 0 bridgehead atoms. The van der Waals surface area contributed by atoms with Crippen LogP contribution in [0.5, 0.6) is 0 Å². The van der Waals surface area contributed by atoms with Gasteiger partial charge in [0.2, 0.25) is 0 Å². The first-order chi connectivity index (χ1) is 4.92. The number of nitrogens with one attached hydrogen (secondary N) is 1. The van der Waals surface area contributed by atoms with Gasteiger partial charge in [-0.2, -0.15) is 0 Å². The Morgan fingerprint density at radius 2 is 2.00 bits per heavy atom. The fourth-order valence-corrected chi connectivity index (χ4v) is 0.671. The normalized spacial score (nSPS) is 11.4. The van der Waals surface area contributed by atoms with Crippen LogP contribution in [0.2, 0.25) is 0 Å². The summed E-state index contributed by atoms with van der Waals surface area (Å²) in [6, 6.07) is 0. The molecule has 0 fully saturated rings. The summed E-state index contributed by atoms with van der Waals surface area (Å²) in [5.41, 5.74) is 7.01. The van der Waals surface area contributed by atoms with Crippen molar-refractivity contribution in [1.82, 2.24) is 5.32 Å². The van der Waals surface area contributed by atoms with Crippen LogP contribution in [0.4, 0.5) is 0 Å². The van der Waals surface area contributed by atoms with E-state index in [1.54, 1.807) is 0 Å². The Morgan fingerprint density at radius 3 is 2.36 bits per heavy atom. The second kappa shape index (κ2) is 4.52. The summed E-state index contributed by atoms with van der Waals surface area (Å²) in [6.45, 7) is 10.00. The number of hydrogen-bond donors (Lipinski definition) is 2. The Kier molecular flexibility index (Phi) is 4.38. The highest BCUT2D eigenvalue weighted by molar-refractivity contribution is 4.94. The average molecular weight is 156 g/mol. The highest BCUT2D eigenvalue weighted by Crippen LogP contribution is 1.92. The van der Waals surface area contributed by atoms with Gasteiger partial charge in [0.1, 0.15) is 0 Å². The molecule has 66 valence electrons. The zero-order valence-corrected chi connectivity index (χ0v) is 8.07. The van der Waals surface area contributed by atoms with Crippen molar-refractivity contribution in [2.75, 3.05) is 13.1 Å². The van der Waals surface area contributed by atoms with Crippen LogP contribution in [-0.4, -0.2) is 18.6 Å². The van der Waals surface area contributed by atoms with Gasteiger partial charge in [0, 0.05) is 18.6 Å². The lowest BCUT2D eigenvalue weighted by molar-refractivity contribution is 0.480. The molecule has 0 spiro atoms. The molecule has 0 aliphatic heterocycles. The van der Waals surface area contributed by atoms with Crippen LogP contribution in [0.25, 0.3) is 0 Å². The summed E-state index contributed by atoms with van der Waals surface area (Å²) in [5.74, 6) is 0. The fourth-order valence-electron chi connectivity index (χ4n) is 0.671. The lowest BCUT2D eigenvalue weighted by Gasteiger charge is -2.18. The van der Waals surface area contributed by atoms with Crippen LogP contribution in [-0.2, 0) is 0 Å². The molecule has 2 heteroatoms. The molecule has 0 radical (unpaired) electrons. The Hall–Kier alpha value is -0.340. The minimum Gasteiger partial charge on any atom is -0.324 e. The van der Waals surface area contributed by atoms with Gasteiger partial charge in [-0.3, -0.25) is 0 Å². The quantitative estimate of drug-likeness (QED) is 0.475. The van der Waals surface area contributed by atoms with Gasteiger partial charge in [0.25, 0.3) is 0 Å². The molecule has 2 nitrogen and oxygen atoms in total. The van der Waals surface area contributed by atoms with Crippen molar-refractivity contribution in [3.05, 3.63) is 11.6 Å². The van der Waals surface area contributed by atoms with Crippen molar-refractivity contribution >= 4 is 0 Å². The van der Waals surface area contributed by atoms with E-state index < -0.39 is 0 Å². The molecule has 0 rings (SSSR count). The SMILES string of the molecule is CC(C)=CCNCC(C)(C)N.